The lowest BCUT2D eigenvalue weighted by Gasteiger charge is -2.03. The minimum absolute atomic E-state index is 0.0901. The minimum Gasteiger partial charge on any atom is -0.364 e. The molecule has 0 unspecified atom stereocenters. The summed E-state index contributed by atoms with van der Waals surface area (Å²) >= 11 is 0. The number of hydrogen-bond donors (Lipinski definition) is 2. The number of amides is 1. The van der Waals surface area contributed by atoms with Gasteiger partial charge in [-0.05, 0) is 13.8 Å². The largest absolute Gasteiger partial charge is 0.364 e. The van der Waals surface area contributed by atoms with Crippen LogP contribution in [-0.4, -0.2) is 27.6 Å². The number of aromatic nitrogens is 3. The van der Waals surface area contributed by atoms with Crippen LogP contribution in [0.4, 0.5) is 0 Å². The zero-order valence-electron chi connectivity index (χ0n) is 10.7. The number of nitrogens with one attached hydrogen (secondary N) is 2. The number of nitrogens with zero attached hydrogens (tertiary/aromatic N) is 2. The molecule has 0 saturated carbocycles. The Kier molecular flexibility index (Phi) is 3.74. The third kappa shape index (κ3) is 3.27. The Morgan fingerprint density at radius 3 is 2.89 bits per heavy atom. The Bertz CT molecular complexity index is 644. The van der Waals surface area contributed by atoms with Crippen LogP contribution in [0, 0.1) is 13.8 Å². The molecule has 7 heteroatoms. The van der Waals surface area contributed by atoms with Crippen LogP contribution in [-0.2, 0) is 6.42 Å². The summed E-state index contributed by atoms with van der Waals surface area (Å²) in [4.78, 5) is 30.2. The van der Waals surface area contributed by atoms with Crippen molar-refractivity contribution < 1.29 is 9.32 Å². The molecule has 2 rings (SSSR count). The molecule has 0 aliphatic rings. The van der Waals surface area contributed by atoms with Gasteiger partial charge in [0.25, 0.3) is 5.91 Å². The number of H-pyrrole nitrogens is 1. The Labute approximate surface area is 109 Å². The van der Waals surface area contributed by atoms with Gasteiger partial charge in [-0.3, -0.25) is 9.59 Å². The molecule has 19 heavy (non-hydrogen) atoms. The molecule has 2 aromatic heterocycles. The lowest BCUT2D eigenvalue weighted by Crippen LogP contribution is -2.30. The van der Waals surface area contributed by atoms with E-state index in [4.69, 9.17) is 4.52 Å². The Morgan fingerprint density at radius 2 is 2.26 bits per heavy atom. The van der Waals surface area contributed by atoms with Crippen LogP contribution >= 0.6 is 0 Å². The van der Waals surface area contributed by atoms with E-state index in [0.29, 0.717) is 30.4 Å². The van der Waals surface area contributed by atoms with Gasteiger partial charge >= 0.3 is 0 Å². The van der Waals surface area contributed by atoms with Gasteiger partial charge in [0.15, 0.2) is 11.3 Å². The maximum absolute atomic E-state index is 11.8. The van der Waals surface area contributed by atoms with Gasteiger partial charge < -0.3 is 14.8 Å². The molecule has 0 saturated heterocycles. The molecule has 7 nitrogen and oxygen atoms in total. The standard InChI is InChI=1S/C12H14N4O3/c1-7-5-10(17)9(6-14-7)12(18)13-4-3-11-15-8(2)16-19-11/h5-6H,3-4H2,1-2H3,(H,13,18)(H,14,17). The molecule has 2 aromatic rings. The van der Waals surface area contributed by atoms with E-state index >= 15 is 0 Å². The number of carbonyl (C=O) groups excluding carboxylic acids is 1. The lowest BCUT2D eigenvalue weighted by molar-refractivity contribution is 0.0952. The fraction of sp³-hybridized carbons (Fsp3) is 0.333. The van der Waals surface area contributed by atoms with Crippen molar-refractivity contribution in [2.45, 2.75) is 20.3 Å². The molecular weight excluding hydrogens is 248 g/mol. The molecule has 0 bridgehead atoms. The molecule has 1 amide bonds. The Hall–Kier alpha value is -2.44. The number of aromatic amines is 1. The van der Waals surface area contributed by atoms with E-state index in [1.165, 1.54) is 12.3 Å². The Morgan fingerprint density at radius 1 is 1.47 bits per heavy atom. The second kappa shape index (κ2) is 5.47. The third-order valence-electron chi connectivity index (χ3n) is 2.50. The number of pyridine rings is 1. The average Bonchev–Trinajstić information content (AvgIpc) is 2.75. The third-order valence-corrected chi connectivity index (χ3v) is 2.50. The topological polar surface area (TPSA) is 101 Å². The van der Waals surface area contributed by atoms with Gasteiger partial charge in [-0.15, -0.1) is 0 Å². The fourth-order valence-electron chi connectivity index (χ4n) is 1.57. The van der Waals surface area contributed by atoms with Crippen LogP contribution in [0.25, 0.3) is 0 Å². The molecule has 2 N–H and O–H groups in total. The smallest absolute Gasteiger partial charge is 0.256 e. The highest BCUT2D eigenvalue weighted by atomic mass is 16.5. The summed E-state index contributed by atoms with van der Waals surface area (Å²) in [5, 5.41) is 6.27. The van der Waals surface area contributed by atoms with E-state index in [1.54, 1.807) is 13.8 Å². The van der Waals surface area contributed by atoms with Crippen molar-refractivity contribution in [1.29, 1.82) is 0 Å². The molecule has 0 atom stereocenters. The fourth-order valence-corrected chi connectivity index (χ4v) is 1.57. The summed E-state index contributed by atoms with van der Waals surface area (Å²) in [6, 6.07) is 1.39. The van der Waals surface area contributed by atoms with E-state index in [0.717, 1.165) is 0 Å². The van der Waals surface area contributed by atoms with Crippen LogP contribution in [0.3, 0.4) is 0 Å². The molecule has 0 spiro atoms. The summed E-state index contributed by atoms with van der Waals surface area (Å²) in [5.41, 5.74) is 0.498. The van der Waals surface area contributed by atoms with Gasteiger partial charge in [0.05, 0.1) is 0 Å². The van der Waals surface area contributed by atoms with Gasteiger partial charge in [-0.2, -0.15) is 4.98 Å². The van der Waals surface area contributed by atoms with Crippen molar-refractivity contribution in [2.24, 2.45) is 0 Å². The van der Waals surface area contributed by atoms with E-state index in [1.807, 2.05) is 0 Å². The van der Waals surface area contributed by atoms with Crippen LogP contribution < -0.4 is 10.7 Å². The first-order chi connectivity index (χ1) is 9.06. The molecule has 0 fully saturated rings. The average molecular weight is 262 g/mol. The van der Waals surface area contributed by atoms with Crippen molar-refractivity contribution in [1.82, 2.24) is 20.4 Å². The highest BCUT2D eigenvalue weighted by molar-refractivity contribution is 5.93. The van der Waals surface area contributed by atoms with Crippen molar-refractivity contribution >= 4 is 5.91 Å². The molecule has 0 aliphatic carbocycles. The summed E-state index contributed by atoms with van der Waals surface area (Å²) < 4.78 is 4.91. The summed E-state index contributed by atoms with van der Waals surface area (Å²) in [7, 11) is 0. The number of carbonyl (C=O) groups is 1. The summed E-state index contributed by atoms with van der Waals surface area (Å²) in [5.74, 6) is 0.587. The van der Waals surface area contributed by atoms with Gasteiger partial charge in [-0.1, -0.05) is 5.16 Å². The van der Waals surface area contributed by atoms with E-state index in [2.05, 4.69) is 20.4 Å². The second-order valence-electron chi connectivity index (χ2n) is 4.14. The number of hydrogen-bond acceptors (Lipinski definition) is 5. The van der Waals surface area contributed by atoms with Crippen molar-refractivity contribution in [3.63, 3.8) is 0 Å². The molecule has 2 heterocycles. The van der Waals surface area contributed by atoms with E-state index in [-0.39, 0.29) is 11.0 Å². The predicted octanol–water partition coefficient (Wildman–Crippen LogP) is 0.347. The highest BCUT2D eigenvalue weighted by Gasteiger charge is 2.10. The molecule has 0 aromatic carbocycles. The van der Waals surface area contributed by atoms with Gasteiger partial charge in [0, 0.05) is 30.9 Å². The van der Waals surface area contributed by atoms with Crippen molar-refractivity contribution in [2.75, 3.05) is 6.54 Å². The van der Waals surface area contributed by atoms with Crippen molar-refractivity contribution in [3.05, 3.63) is 45.5 Å². The molecular formula is C12H14N4O3. The van der Waals surface area contributed by atoms with Crippen LogP contribution in [0.2, 0.25) is 0 Å². The van der Waals surface area contributed by atoms with E-state index < -0.39 is 5.91 Å². The maximum Gasteiger partial charge on any atom is 0.256 e. The number of rotatable bonds is 4. The lowest BCUT2D eigenvalue weighted by atomic mass is 10.2. The molecule has 100 valence electrons. The zero-order chi connectivity index (χ0) is 13.8. The van der Waals surface area contributed by atoms with E-state index in [9.17, 15) is 9.59 Å². The van der Waals surface area contributed by atoms with Gasteiger partial charge in [0.2, 0.25) is 5.89 Å². The highest BCUT2D eigenvalue weighted by Crippen LogP contribution is 1.96. The minimum atomic E-state index is -0.419. The summed E-state index contributed by atoms with van der Waals surface area (Å²) in [6.07, 6.45) is 1.83. The first-order valence-corrected chi connectivity index (χ1v) is 5.83. The SMILES string of the molecule is Cc1noc(CCNC(=O)c2c[nH]c(C)cc2=O)n1. The quantitative estimate of drug-likeness (QED) is 0.827. The zero-order valence-corrected chi connectivity index (χ0v) is 10.7. The van der Waals surface area contributed by atoms with Crippen LogP contribution in [0.15, 0.2) is 21.6 Å². The van der Waals surface area contributed by atoms with Gasteiger partial charge in [0.1, 0.15) is 5.56 Å². The first-order valence-electron chi connectivity index (χ1n) is 5.83. The van der Waals surface area contributed by atoms with Gasteiger partial charge in [-0.25, -0.2) is 0 Å². The number of aryl methyl sites for hydroxylation is 2. The monoisotopic (exact) mass is 262 g/mol. The maximum atomic E-state index is 11.8. The predicted molar refractivity (Wildman–Crippen MR) is 66.9 cm³/mol. The molecule has 0 radical (unpaired) electrons. The normalized spacial score (nSPS) is 10.4. The molecule has 0 aliphatic heterocycles. The Balaban J connectivity index is 1.92. The first kappa shape index (κ1) is 13.0. The summed E-state index contributed by atoms with van der Waals surface area (Å²) in [6.45, 7) is 3.80. The van der Waals surface area contributed by atoms with Crippen molar-refractivity contribution in [3.8, 4) is 0 Å². The van der Waals surface area contributed by atoms with Crippen LogP contribution in [0.5, 0.6) is 0 Å². The van der Waals surface area contributed by atoms with Crippen LogP contribution in [0.1, 0.15) is 27.8 Å². The second-order valence-corrected chi connectivity index (χ2v) is 4.14.